The molecule has 30 heavy (non-hydrogen) atoms. The molecular formula is C22H23ClN6O. The predicted molar refractivity (Wildman–Crippen MR) is 121 cm³/mol. The van der Waals surface area contributed by atoms with Gasteiger partial charge in [0, 0.05) is 37.1 Å². The second-order valence-corrected chi connectivity index (χ2v) is 7.81. The molecular weight excluding hydrogens is 400 g/mol. The molecule has 4 rings (SSSR count). The zero-order chi connectivity index (χ0) is 21.4. The molecule has 0 atom stereocenters. The van der Waals surface area contributed by atoms with Crippen molar-refractivity contribution in [3.05, 3.63) is 53.3 Å². The van der Waals surface area contributed by atoms with Crippen molar-refractivity contribution >= 4 is 40.0 Å². The summed E-state index contributed by atoms with van der Waals surface area (Å²) in [4.78, 5) is 29.3. The van der Waals surface area contributed by atoms with Gasteiger partial charge >= 0.3 is 0 Å². The number of hydrogen-bond donors (Lipinski definition) is 1. The summed E-state index contributed by atoms with van der Waals surface area (Å²) in [7, 11) is 0. The Morgan fingerprint density at radius 2 is 1.90 bits per heavy atom. The van der Waals surface area contributed by atoms with Crippen LogP contribution in [0.15, 0.2) is 37.2 Å². The first kappa shape index (κ1) is 20.1. The quantitative estimate of drug-likeness (QED) is 0.651. The van der Waals surface area contributed by atoms with Crippen LogP contribution in [0.3, 0.4) is 0 Å². The zero-order valence-corrected chi connectivity index (χ0v) is 17.8. The highest BCUT2D eigenvalue weighted by molar-refractivity contribution is 6.34. The lowest BCUT2D eigenvalue weighted by molar-refractivity contribution is -0.126. The number of nitrogen functional groups attached to an aromatic ring is 1. The first-order valence-electron chi connectivity index (χ1n) is 9.73. The molecule has 1 aliphatic rings. The van der Waals surface area contributed by atoms with Crippen molar-refractivity contribution in [3.8, 4) is 11.3 Å². The Hall–Kier alpha value is -3.19. The highest BCUT2D eigenvalue weighted by Crippen LogP contribution is 2.36. The summed E-state index contributed by atoms with van der Waals surface area (Å²) < 4.78 is 0. The Morgan fingerprint density at radius 1 is 1.17 bits per heavy atom. The third kappa shape index (κ3) is 3.57. The van der Waals surface area contributed by atoms with E-state index in [0.29, 0.717) is 37.0 Å². The molecule has 0 unspecified atom stereocenters. The summed E-state index contributed by atoms with van der Waals surface area (Å²) in [6.45, 7) is 10.2. The topological polar surface area (TPSA) is 88.2 Å². The summed E-state index contributed by atoms with van der Waals surface area (Å²) in [5.74, 6) is 1.22. The molecule has 3 heterocycles. The Labute approximate surface area is 180 Å². The van der Waals surface area contributed by atoms with Crippen LogP contribution in [0.1, 0.15) is 11.1 Å². The van der Waals surface area contributed by atoms with Crippen LogP contribution in [0.4, 0.5) is 11.6 Å². The number of halogens is 1. The van der Waals surface area contributed by atoms with Crippen LogP contribution in [-0.4, -0.2) is 51.9 Å². The molecule has 8 heteroatoms. The van der Waals surface area contributed by atoms with Gasteiger partial charge < -0.3 is 15.5 Å². The number of hydrogen-bond acceptors (Lipinski definition) is 6. The standard InChI is InChI=1S/C22H23ClN6O/c1-4-20(30)28-5-7-29(8-6-28)22-16-10-17(23)15(11-18(16)25-12-26-22)21-14(3)13(2)9-19(24)27-21/h4,9-12H,1,5-8H2,2-3H3,(H2,24,27). The maximum absolute atomic E-state index is 11.8. The minimum atomic E-state index is -0.0461. The van der Waals surface area contributed by atoms with E-state index in [9.17, 15) is 4.79 Å². The number of aryl methyl sites for hydroxylation is 1. The smallest absolute Gasteiger partial charge is 0.246 e. The van der Waals surface area contributed by atoms with E-state index in [0.717, 1.165) is 39.1 Å². The van der Waals surface area contributed by atoms with Crippen LogP contribution in [0.5, 0.6) is 0 Å². The van der Waals surface area contributed by atoms with Gasteiger partial charge in [-0.2, -0.15) is 0 Å². The molecule has 0 saturated carbocycles. The number of aromatic nitrogens is 3. The van der Waals surface area contributed by atoms with E-state index in [4.69, 9.17) is 17.3 Å². The van der Waals surface area contributed by atoms with Crippen LogP contribution < -0.4 is 10.6 Å². The maximum Gasteiger partial charge on any atom is 0.246 e. The normalized spacial score (nSPS) is 14.2. The first-order valence-corrected chi connectivity index (χ1v) is 10.1. The molecule has 7 nitrogen and oxygen atoms in total. The number of piperazine rings is 1. The lowest BCUT2D eigenvalue weighted by Crippen LogP contribution is -2.48. The molecule has 1 fully saturated rings. The summed E-state index contributed by atoms with van der Waals surface area (Å²) >= 11 is 6.69. The molecule has 1 saturated heterocycles. The average Bonchev–Trinajstić information content (AvgIpc) is 2.75. The van der Waals surface area contributed by atoms with E-state index in [1.54, 1.807) is 11.2 Å². The Balaban J connectivity index is 1.73. The summed E-state index contributed by atoms with van der Waals surface area (Å²) in [5, 5.41) is 1.44. The molecule has 0 bridgehead atoms. The van der Waals surface area contributed by atoms with Gasteiger partial charge in [-0.05, 0) is 49.2 Å². The average molecular weight is 423 g/mol. The SMILES string of the molecule is C=CC(=O)N1CCN(c2ncnc3cc(-c4nc(N)cc(C)c4C)c(Cl)cc23)CC1. The van der Waals surface area contributed by atoms with E-state index in [2.05, 4.69) is 26.4 Å². The zero-order valence-electron chi connectivity index (χ0n) is 17.0. The van der Waals surface area contributed by atoms with E-state index >= 15 is 0 Å². The summed E-state index contributed by atoms with van der Waals surface area (Å²) in [6.07, 6.45) is 2.91. The number of amides is 1. The maximum atomic E-state index is 11.8. The monoisotopic (exact) mass is 422 g/mol. The number of fused-ring (bicyclic) bond motifs is 1. The second kappa shape index (κ2) is 7.91. The van der Waals surface area contributed by atoms with Crippen molar-refractivity contribution in [1.82, 2.24) is 19.9 Å². The van der Waals surface area contributed by atoms with Crippen LogP contribution in [-0.2, 0) is 4.79 Å². The molecule has 1 aliphatic heterocycles. The van der Waals surface area contributed by atoms with Gasteiger partial charge in [-0.25, -0.2) is 15.0 Å². The van der Waals surface area contributed by atoms with Crippen LogP contribution in [0, 0.1) is 13.8 Å². The lowest BCUT2D eigenvalue weighted by Gasteiger charge is -2.35. The Kier molecular flexibility index (Phi) is 5.30. The van der Waals surface area contributed by atoms with Gasteiger partial charge in [0.25, 0.3) is 0 Å². The van der Waals surface area contributed by atoms with Crippen LogP contribution >= 0.6 is 11.6 Å². The van der Waals surface area contributed by atoms with E-state index in [-0.39, 0.29) is 5.91 Å². The van der Waals surface area contributed by atoms with E-state index in [1.165, 1.54) is 6.08 Å². The Morgan fingerprint density at radius 3 is 2.60 bits per heavy atom. The molecule has 3 aromatic rings. The van der Waals surface area contributed by atoms with Gasteiger partial charge in [0.15, 0.2) is 0 Å². The van der Waals surface area contributed by atoms with Gasteiger partial charge in [0.05, 0.1) is 16.2 Å². The van der Waals surface area contributed by atoms with Crippen molar-refractivity contribution in [2.24, 2.45) is 0 Å². The minimum Gasteiger partial charge on any atom is -0.384 e. The van der Waals surface area contributed by atoms with Crippen LogP contribution in [0.2, 0.25) is 5.02 Å². The van der Waals surface area contributed by atoms with Crippen molar-refractivity contribution in [2.75, 3.05) is 36.8 Å². The van der Waals surface area contributed by atoms with Crippen molar-refractivity contribution in [3.63, 3.8) is 0 Å². The highest BCUT2D eigenvalue weighted by atomic mass is 35.5. The third-order valence-electron chi connectivity index (χ3n) is 5.58. The first-order chi connectivity index (χ1) is 14.4. The fourth-order valence-electron chi connectivity index (χ4n) is 3.79. The number of anilines is 2. The van der Waals surface area contributed by atoms with Crippen molar-refractivity contribution in [2.45, 2.75) is 13.8 Å². The molecule has 154 valence electrons. The van der Waals surface area contributed by atoms with Crippen LogP contribution in [0.25, 0.3) is 22.2 Å². The van der Waals surface area contributed by atoms with E-state index in [1.807, 2.05) is 32.0 Å². The second-order valence-electron chi connectivity index (χ2n) is 7.40. The number of nitrogens with zero attached hydrogens (tertiary/aromatic N) is 5. The largest absolute Gasteiger partial charge is 0.384 e. The van der Waals surface area contributed by atoms with Crippen molar-refractivity contribution < 1.29 is 4.79 Å². The lowest BCUT2D eigenvalue weighted by atomic mass is 10.0. The Bertz CT molecular complexity index is 1150. The minimum absolute atomic E-state index is 0.0461. The van der Waals surface area contributed by atoms with Gasteiger partial charge in [0.1, 0.15) is 18.0 Å². The number of nitrogens with two attached hydrogens (primary N) is 1. The fourth-order valence-corrected chi connectivity index (χ4v) is 4.04. The van der Waals surface area contributed by atoms with Gasteiger partial charge in [0.2, 0.25) is 5.91 Å². The molecule has 2 aromatic heterocycles. The predicted octanol–water partition coefficient (Wildman–Crippen LogP) is 3.38. The summed E-state index contributed by atoms with van der Waals surface area (Å²) in [5.41, 5.74) is 10.4. The molecule has 0 aliphatic carbocycles. The number of pyridine rings is 1. The highest BCUT2D eigenvalue weighted by Gasteiger charge is 2.23. The number of carbonyl (C=O) groups is 1. The number of benzene rings is 1. The fraction of sp³-hybridized carbons (Fsp3) is 0.273. The molecule has 0 spiro atoms. The van der Waals surface area contributed by atoms with E-state index < -0.39 is 0 Å². The van der Waals surface area contributed by atoms with Gasteiger partial charge in [-0.15, -0.1) is 0 Å². The molecule has 1 aromatic carbocycles. The number of carbonyl (C=O) groups excluding carboxylic acids is 1. The molecule has 1 amide bonds. The summed E-state index contributed by atoms with van der Waals surface area (Å²) in [6, 6.07) is 5.68. The van der Waals surface area contributed by atoms with Gasteiger partial charge in [-0.1, -0.05) is 18.2 Å². The van der Waals surface area contributed by atoms with Gasteiger partial charge in [-0.3, -0.25) is 4.79 Å². The van der Waals surface area contributed by atoms with Crippen molar-refractivity contribution in [1.29, 1.82) is 0 Å². The molecule has 2 N–H and O–H groups in total. The number of rotatable bonds is 3. The molecule has 0 radical (unpaired) electrons. The third-order valence-corrected chi connectivity index (χ3v) is 5.89.